The van der Waals surface area contributed by atoms with Crippen molar-refractivity contribution in [2.24, 2.45) is 0 Å². The number of carbonyl (C=O) groups is 2. The van der Waals surface area contributed by atoms with E-state index in [9.17, 15) is 19.8 Å². The monoisotopic (exact) mass is 492 g/mol. The molecule has 0 amide bonds. The molecule has 0 spiro atoms. The fourth-order valence-corrected chi connectivity index (χ4v) is 6.44. The fraction of sp³-hybridized carbons (Fsp3) is 0.500. The first kappa shape index (κ1) is 23.6. The minimum absolute atomic E-state index is 0.149. The van der Waals surface area contributed by atoms with Crippen LogP contribution in [0.3, 0.4) is 0 Å². The van der Waals surface area contributed by atoms with Gasteiger partial charge in [0.05, 0.1) is 23.3 Å². The van der Waals surface area contributed by atoms with Crippen molar-refractivity contribution in [3.8, 4) is 0 Å². The lowest BCUT2D eigenvalue weighted by atomic mass is 9.95. The molecule has 4 aliphatic rings. The second kappa shape index (κ2) is 8.95. The Balaban J connectivity index is 1.07. The number of likely N-dealkylation sites (tertiary alicyclic amines) is 2. The van der Waals surface area contributed by atoms with Crippen LogP contribution >= 0.6 is 0 Å². The van der Waals surface area contributed by atoms with Gasteiger partial charge in [-0.25, -0.2) is 9.59 Å². The van der Waals surface area contributed by atoms with E-state index in [4.69, 9.17) is 9.47 Å². The van der Waals surface area contributed by atoms with E-state index < -0.39 is 12.2 Å². The van der Waals surface area contributed by atoms with Gasteiger partial charge in [-0.3, -0.25) is 9.80 Å². The van der Waals surface area contributed by atoms with Gasteiger partial charge in [-0.05, 0) is 54.7 Å². The van der Waals surface area contributed by atoms with Crippen LogP contribution in [0.1, 0.15) is 74.1 Å². The summed E-state index contributed by atoms with van der Waals surface area (Å²) in [6.07, 6.45) is 0.290. The van der Waals surface area contributed by atoms with Gasteiger partial charge < -0.3 is 19.7 Å². The van der Waals surface area contributed by atoms with Gasteiger partial charge in [0.2, 0.25) is 0 Å². The predicted molar refractivity (Wildman–Crippen MR) is 131 cm³/mol. The number of hydrogen-bond donors (Lipinski definition) is 2. The van der Waals surface area contributed by atoms with Crippen LogP contribution in [0.5, 0.6) is 0 Å². The molecule has 1 unspecified atom stereocenters. The molecule has 6 rings (SSSR count). The van der Waals surface area contributed by atoms with Crippen LogP contribution in [0.15, 0.2) is 30.3 Å². The predicted octanol–water partition coefficient (Wildman–Crippen LogP) is 2.29. The SMILES string of the molecule is Cc1c([C@H](O)CN2C[C@H]3C[C@@H]2CN3CC(O)c2ccc3c(c2)C[C@@H](C)OC3=O)ccc2c1COC2=O. The normalized spacial score (nSPS) is 26.9. The Labute approximate surface area is 210 Å². The Kier molecular flexibility index (Phi) is 5.87. The van der Waals surface area contributed by atoms with Gasteiger partial charge in [-0.15, -0.1) is 0 Å². The lowest BCUT2D eigenvalue weighted by Gasteiger charge is -2.36. The van der Waals surface area contributed by atoms with Gasteiger partial charge in [0, 0.05) is 50.2 Å². The maximum Gasteiger partial charge on any atom is 0.338 e. The number of hydrogen-bond acceptors (Lipinski definition) is 8. The van der Waals surface area contributed by atoms with Crippen molar-refractivity contribution in [2.45, 2.75) is 63.7 Å². The average molecular weight is 493 g/mol. The van der Waals surface area contributed by atoms with Gasteiger partial charge in [0.1, 0.15) is 12.7 Å². The maximum atomic E-state index is 12.1. The van der Waals surface area contributed by atoms with Gasteiger partial charge in [-0.2, -0.15) is 0 Å². The van der Waals surface area contributed by atoms with Crippen LogP contribution in [0, 0.1) is 6.92 Å². The highest BCUT2D eigenvalue weighted by Crippen LogP contribution is 2.35. The number of benzene rings is 2. The summed E-state index contributed by atoms with van der Waals surface area (Å²) in [4.78, 5) is 28.6. The second-order valence-corrected chi connectivity index (χ2v) is 10.7. The van der Waals surface area contributed by atoms with E-state index in [0.29, 0.717) is 42.7 Å². The number of ether oxygens (including phenoxy) is 2. The molecule has 2 fully saturated rings. The fourth-order valence-electron chi connectivity index (χ4n) is 6.44. The first-order valence-corrected chi connectivity index (χ1v) is 12.8. The molecule has 2 bridgehead atoms. The van der Waals surface area contributed by atoms with E-state index in [1.807, 2.05) is 32.0 Å². The molecule has 0 saturated carbocycles. The number of rotatable bonds is 6. The number of piperazine rings is 1. The summed E-state index contributed by atoms with van der Waals surface area (Å²) >= 11 is 0. The van der Waals surface area contributed by atoms with E-state index >= 15 is 0 Å². The zero-order valence-electron chi connectivity index (χ0n) is 20.6. The average Bonchev–Trinajstić information content (AvgIpc) is 3.53. The number of carbonyl (C=O) groups excluding carboxylic acids is 2. The van der Waals surface area contributed by atoms with Gasteiger partial charge in [0.25, 0.3) is 0 Å². The number of fused-ring (bicyclic) bond motifs is 4. The van der Waals surface area contributed by atoms with E-state index in [1.165, 1.54) is 0 Å². The number of nitrogens with zero attached hydrogens (tertiary/aromatic N) is 2. The molecule has 2 N–H and O–H groups in total. The van der Waals surface area contributed by atoms with Crippen LogP contribution in [-0.4, -0.2) is 76.3 Å². The Hall–Kier alpha value is -2.78. The molecule has 0 aromatic heterocycles. The molecular weight excluding hydrogens is 460 g/mol. The van der Waals surface area contributed by atoms with Crippen LogP contribution in [0.25, 0.3) is 0 Å². The molecule has 8 heteroatoms. The quantitative estimate of drug-likeness (QED) is 0.593. The zero-order chi connectivity index (χ0) is 25.1. The number of esters is 2. The Bertz CT molecular complexity index is 1230. The molecule has 4 heterocycles. The van der Waals surface area contributed by atoms with Crippen LogP contribution < -0.4 is 0 Å². The van der Waals surface area contributed by atoms with Crippen LogP contribution in [-0.2, 0) is 22.5 Å². The Morgan fingerprint density at radius 3 is 2.39 bits per heavy atom. The minimum atomic E-state index is -0.631. The van der Waals surface area contributed by atoms with Gasteiger partial charge >= 0.3 is 11.9 Å². The van der Waals surface area contributed by atoms with Crippen molar-refractivity contribution >= 4 is 11.9 Å². The molecule has 5 atom stereocenters. The first-order chi connectivity index (χ1) is 17.3. The van der Waals surface area contributed by atoms with Crippen LogP contribution in [0.2, 0.25) is 0 Å². The first-order valence-electron chi connectivity index (χ1n) is 12.8. The molecular formula is C28H32N2O6. The highest BCUT2D eigenvalue weighted by molar-refractivity contribution is 5.94. The molecule has 2 saturated heterocycles. The zero-order valence-corrected chi connectivity index (χ0v) is 20.6. The Morgan fingerprint density at radius 2 is 1.67 bits per heavy atom. The van der Waals surface area contributed by atoms with Crippen molar-refractivity contribution in [1.82, 2.24) is 9.80 Å². The van der Waals surface area contributed by atoms with Crippen LogP contribution in [0.4, 0.5) is 0 Å². The topological polar surface area (TPSA) is 99.5 Å². The third-order valence-electron chi connectivity index (χ3n) is 8.40. The highest BCUT2D eigenvalue weighted by atomic mass is 16.5. The summed E-state index contributed by atoms with van der Waals surface area (Å²) < 4.78 is 10.4. The van der Waals surface area contributed by atoms with E-state index in [-0.39, 0.29) is 24.6 Å². The van der Waals surface area contributed by atoms with E-state index in [0.717, 1.165) is 47.3 Å². The van der Waals surface area contributed by atoms with Gasteiger partial charge in [0.15, 0.2) is 0 Å². The molecule has 36 heavy (non-hydrogen) atoms. The molecule has 0 radical (unpaired) electrons. The Morgan fingerprint density at radius 1 is 0.972 bits per heavy atom. The molecule has 2 aromatic carbocycles. The summed E-state index contributed by atoms with van der Waals surface area (Å²) in [6.45, 7) is 6.92. The van der Waals surface area contributed by atoms with Gasteiger partial charge in [-0.1, -0.05) is 18.2 Å². The van der Waals surface area contributed by atoms with Crippen molar-refractivity contribution in [2.75, 3.05) is 26.2 Å². The summed E-state index contributed by atoms with van der Waals surface area (Å²) in [5.41, 5.74) is 5.65. The number of cyclic esters (lactones) is 2. The molecule has 4 aliphatic heterocycles. The molecule has 190 valence electrons. The lowest BCUT2D eigenvalue weighted by Crippen LogP contribution is -2.48. The third-order valence-corrected chi connectivity index (χ3v) is 8.40. The highest BCUT2D eigenvalue weighted by Gasteiger charge is 2.44. The minimum Gasteiger partial charge on any atom is -0.459 e. The van der Waals surface area contributed by atoms with Crippen molar-refractivity contribution in [1.29, 1.82) is 0 Å². The third kappa shape index (κ3) is 4.02. The summed E-state index contributed by atoms with van der Waals surface area (Å²) in [6, 6.07) is 9.85. The van der Waals surface area contributed by atoms with E-state index in [1.54, 1.807) is 12.1 Å². The largest absolute Gasteiger partial charge is 0.459 e. The standard InChI is InChI=1S/C28H32N2O6/c1-15-7-18-8-17(3-4-22(18)28(34)36-15)25(31)12-29-10-20-9-19(29)11-30(20)13-26(32)21-5-6-23-24(16(21)2)14-35-27(23)33/h3-6,8,15,19-20,25-26,31-32H,7,9-14H2,1-2H3/t15-,19-,20-,25?,26-/m1/s1. The lowest BCUT2D eigenvalue weighted by molar-refractivity contribution is 0.0299. The van der Waals surface area contributed by atoms with E-state index in [2.05, 4.69) is 9.80 Å². The second-order valence-electron chi connectivity index (χ2n) is 10.7. The summed E-state index contributed by atoms with van der Waals surface area (Å²) in [5, 5.41) is 22.0. The molecule has 0 aliphatic carbocycles. The number of aliphatic hydroxyl groups is 2. The molecule has 2 aromatic rings. The number of aliphatic hydroxyl groups excluding tert-OH is 2. The summed E-state index contributed by atoms with van der Waals surface area (Å²) in [7, 11) is 0. The number of β-amino-alcohol motifs (C(OH)–C–C–N with tert-alkyl or cyclic N) is 2. The smallest absolute Gasteiger partial charge is 0.338 e. The van der Waals surface area contributed by atoms with Crippen molar-refractivity contribution in [3.05, 3.63) is 69.3 Å². The van der Waals surface area contributed by atoms with Crippen molar-refractivity contribution in [3.63, 3.8) is 0 Å². The van der Waals surface area contributed by atoms with Crippen molar-refractivity contribution < 1.29 is 29.3 Å². The maximum absolute atomic E-state index is 12.1. The molecule has 8 nitrogen and oxygen atoms in total. The summed E-state index contributed by atoms with van der Waals surface area (Å²) in [5.74, 6) is -0.582.